The zero-order chi connectivity index (χ0) is 10.8. The van der Waals surface area contributed by atoms with Gasteiger partial charge >= 0.3 is 0 Å². The quantitative estimate of drug-likeness (QED) is 0.796. The van der Waals surface area contributed by atoms with Gasteiger partial charge in [-0.1, -0.05) is 11.6 Å². The van der Waals surface area contributed by atoms with E-state index in [4.69, 9.17) is 11.6 Å². The van der Waals surface area contributed by atoms with Crippen molar-refractivity contribution in [1.29, 1.82) is 0 Å². The first-order chi connectivity index (χ1) is 7.18. The van der Waals surface area contributed by atoms with Crippen molar-refractivity contribution in [2.24, 2.45) is 0 Å². The Bertz CT molecular complexity index is 328. The average molecular weight is 247 g/mol. The molecule has 1 aliphatic heterocycles. The van der Waals surface area contributed by atoms with Gasteiger partial charge in [-0.15, -0.1) is 0 Å². The highest BCUT2D eigenvalue weighted by Gasteiger charge is 2.24. The van der Waals surface area contributed by atoms with Gasteiger partial charge in [0, 0.05) is 19.1 Å². The molecule has 1 unspecified atom stereocenters. The van der Waals surface area contributed by atoms with Crippen molar-refractivity contribution in [3.05, 3.63) is 5.15 Å². The molecule has 2 heterocycles. The third-order valence-electron chi connectivity index (χ3n) is 2.86. The highest BCUT2D eigenvalue weighted by atomic mass is 35.5. The van der Waals surface area contributed by atoms with E-state index < -0.39 is 0 Å². The SMILES string of the molecule is CN(C)C1CCCN(c2nsnc2Cl)C1. The maximum absolute atomic E-state index is 5.98. The lowest BCUT2D eigenvalue weighted by molar-refractivity contribution is 0.257. The summed E-state index contributed by atoms with van der Waals surface area (Å²) in [5.74, 6) is 0.855. The average Bonchev–Trinajstić information content (AvgIpc) is 2.64. The molecule has 0 aromatic carbocycles. The van der Waals surface area contributed by atoms with Crippen molar-refractivity contribution in [2.45, 2.75) is 18.9 Å². The first-order valence-electron chi connectivity index (χ1n) is 5.08. The largest absolute Gasteiger partial charge is 0.352 e. The minimum atomic E-state index is 0.541. The van der Waals surface area contributed by atoms with Crippen molar-refractivity contribution in [3.63, 3.8) is 0 Å². The summed E-state index contributed by atoms with van der Waals surface area (Å²) in [6.07, 6.45) is 2.44. The van der Waals surface area contributed by atoms with E-state index in [1.54, 1.807) is 0 Å². The van der Waals surface area contributed by atoms with Crippen LogP contribution >= 0.6 is 23.3 Å². The molecule has 2 rings (SSSR count). The Balaban J connectivity index is 2.08. The van der Waals surface area contributed by atoms with Crippen molar-refractivity contribution < 1.29 is 0 Å². The minimum Gasteiger partial charge on any atom is -0.352 e. The van der Waals surface area contributed by atoms with Gasteiger partial charge in [-0.3, -0.25) is 0 Å². The summed E-state index contributed by atoms with van der Waals surface area (Å²) in [6, 6.07) is 0.594. The lowest BCUT2D eigenvalue weighted by Crippen LogP contribution is -2.45. The van der Waals surface area contributed by atoms with Gasteiger partial charge in [-0.05, 0) is 26.9 Å². The lowest BCUT2D eigenvalue weighted by atomic mass is 10.1. The molecule has 1 atom stereocenters. The van der Waals surface area contributed by atoms with Crippen LogP contribution in [-0.4, -0.2) is 46.9 Å². The minimum absolute atomic E-state index is 0.541. The number of rotatable bonds is 2. The van der Waals surface area contributed by atoms with Crippen molar-refractivity contribution >= 4 is 29.1 Å². The Morgan fingerprint density at radius 2 is 2.27 bits per heavy atom. The zero-order valence-corrected chi connectivity index (χ0v) is 10.6. The van der Waals surface area contributed by atoms with E-state index in [2.05, 4.69) is 32.6 Å². The molecular weight excluding hydrogens is 232 g/mol. The van der Waals surface area contributed by atoms with Crippen LogP contribution in [0.2, 0.25) is 5.15 Å². The Labute approximate surface area is 99.2 Å². The van der Waals surface area contributed by atoms with Gasteiger partial charge < -0.3 is 9.80 Å². The van der Waals surface area contributed by atoms with Gasteiger partial charge in [0.1, 0.15) is 0 Å². The Kier molecular flexibility index (Phi) is 3.43. The summed E-state index contributed by atoms with van der Waals surface area (Å²) in [7, 11) is 4.24. The second kappa shape index (κ2) is 4.63. The molecule has 0 aliphatic carbocycles. The van der Waals surface area contributed by atoms with E-state index in [9.17, 15) is 0 Å². The molecule has 1 saturated heterocycles. The second-order valence-electron chi connectivity index (χ2n) is 4.08. The molecule has 0 amide bonds. The van der Waals surface area contributed by atoms with Crippen LogP contribution in [0, 0.1) is 0 Å². The number of anilines is 1. The molecule has 1 aromatic heterocycles. The fourth-order valence-electron chi connectivity index (χ4n) is 1.93. The van der Waals surface area contributed by atoms with Crippen LogP contribution in [0.15, 0.2) is 0 Å². The monoisotopic (exact) mass is 246 g/mol. The van der Waals surface area contributed by atoms with E-state index in [0.29, 0.717) is 11.2 Å². The van der Waals surface area contributed by atoms with Crippen LogP contribution in [-0.2, 0) is 0 Å². The summed E-state index contributed by atoms with van der Waals surface area (Å²) in [5, 5.41) is 0.541. The molecule has 84 valence electrons. The molecule has 0 N–H and O–H groups in total. The van der Waals surface area contributed by atoms with Crippen LogP contribution in [0.4, 0.5) is 5.82 Å². The normalized spacial score (nSPS) is 22.4. The summed E-state index contributed by atoms with van der Waals surface area (Å²) in [4.78, 5) is 4.50. The third-order valence-corrected chi connectivity index (χ3v) is 3.73. The van der Waals surface area contributed by atoms with Crippen molar-refractivity contribution in [1.82, 2.24) is 13.6 Å². The summed E-state index contributed by atoms with van der Waals surface area (Å²) >= 11 is 7.16. The summed E-state index contributed by atoms with van der Waals surface area (Å²) in [6.45, 7) is 2.04. The first kappa shape index (κ1) is 11.1. The molecule has 0 saturated carbocycles. The third kappa shape index (κ3) is 2.41. The van der Waals surface area contributed by atoms with E-state index in [1.807, 2.05) is 0 Å². The summed E-state index contributed by atoms with van der Waals surface area (Å²) < 4.78 is 8.24. The van der Waals surface area contributed by atoms with Crippen LogP contribution in [0.1, 0.15) is 12.8 Å². The molecule has 1 fully saturated rings. The van der Waals surface area contributed by atoms with Crippen LogP contribution in [0.25, 0.3) is 0 Å². The number of hydrogen-bond donors (Lipinski definition) is 0. The Morgan fingerprint density at radius 3 is 2.87 bits per heavy atom. The van der Waals surface area contributed by atoms with Gasteiger partial charge in [0.25, 0.3) is 0 Å². The molecule has 1 aromatic rings. The molecular formula is C9H15ClN4S. The number of aromatic nitrogens is 2. The van der Waals surface area contributed by atoms with Crippen molar-refractivity contribution in [2.75, 3.05) is 32.1 Å². The second-order valence-corrected chi connectivity index (χ2v) is 4.97. The number of hydrogen-bond acceptors (Lipinski definition) is 5. The molecule has 0 radical (unpaired) electrons. The van der Waals surface area contributed by atoms with Crippen LogP contribution in [0.5, 0.6) is 0 Å². The van der Waals surface area contributed by atoms with Crippen molar-refractivity contribution in [3.8, 4) is 0 Å². The van der Waals surface area contributed by atoms with Gasteiger partial charge in [0.05, 0.1) is 11.7 Å². The standard InChI is InChI=1S/C9H15ClN4S/c1-13(2)7-4-3-5-14(6-7)9-8(10)11-15-12-9/h7H,3-6H2,1-2H3. The number of halogens is 1. The lowest BCUT2D eigenvalue weighted by Gasteiger charge is -2.36. The smallest absolute Gasteiger partial charge is 0.187 e. The van der Waals surface area contributed by atoms with Gasteiger partial charge in [0.15, 0.2) is 11.0 Å². The van der Waals surface area contributed by atoms with E-state index >= 15 is 0 Å². The van der Waals surface area contributed by atoms with E-state index in [0.717, 1.165) is 18.9 Å². The molecule has 0 spiro atoms. The van der Waals surface area contributed by atoms with Gasteiger partial charge in [0.2, 0.25) is 0 Å². The Hall–Kier alpha value is -0.390. The predicted octanol–water partition coefficient (Wildman–Crippen LogP) is 1.72. The molecule has 1 aliphatic rings. The molecule has 0 bridgehead atoms. The highest BCUT2D eigenvalue weighted by Crippen LogP contribution is 2.26. The number of piperidine rings is 1. The molecule has 4 nitrogen and oxygen atoms in total. The van der Waals surface area contributed by atoms with Crippen LogP contribution in [0.3, 0.4) is 0 Å². The van der Waals surface area contributed by atoms with E-state index in [1.165, 1.54) is 24.6 Å². The molecule has 6 heteroatoms. The number of nitrogens with zero attached hydrogens (tertiary/aromatic N) is 4. The predicted molar refractivity (Wildman–Crippen MR) is 63.8 cm³/mol. The molecule has 15 heavy (non-hydrogen) atoms. The van der Waals surface area contributed by atoms with Gasteiger partial charge in [-0.25, -0.2) is 0 Å². The Morgan fingerprint density at radius 1 is 1.47 bits per heavy atom. The zero-order valence-electron chi connectivity index (χ0n) is 8.98. The fourth-order valence-corrected chi connectivity index (χ4v) is 2.71. The maximum atomic E-state index is 5.98. The fraction of sp³-hybridized carbons (Fsp3) is 0.778. The highest BCUT2D eigenvalue weighted by molar-refractivity contribution is 6.99. The number of likely N-dealkylation sites (N-methyl/N-ethyl adjacent to an activating group) is 1. The van der Waals surface area contributed by atoms with Crippen LogP contribution < -0.4 is 4.90 Å². The van der Waals surface area contributed by atoms with E-state index in [-0.39, 0.29) is 0 Å². The topological polar surface area (TPSA) is 32.3 Å². The van der Waals surface area contributed by atoms with Gasteiger partial charge in [-0.2, -0.15) is 8.75 Å². The first-order valence-corrected chi connectivity index (χ1v) is 6.18. The summed E-state index contributed by atoms with van der Waals surface area (Å²) in [5.41, 5.74) is 0. The maximum Gasteiger partial charge on any atom is 0.187 e.